The van der Waals surface area contributed by atoms with Crippen LogP contribution in [0.2, 0.25) is 0 Å². The molecule has 20 nitrogen and oxygen atoms in total. The number of hydrogen-bond acceptors (Lipinski definition) is 13. The average molecular weight is 1010 g/mol. The topological polar surface area (TPSA) is 319 Å². The van der Waals surface area contributed by atoms with E-state index in [1.807, 2.05) is 57.2 Å². The molecule has 0 aromatic rings. The zero-order valence-electron chi connectivity index (χ0n) is 44.0. The number of rotatable bonds is 6. The highest BCUT2D eigenvalue weighted by molar-refractivity contribution is 6.00. The number of nitrogens with one attached hydrogen (secondary N) is 3. The van der Waals surface area contributed by atoms with Gasteiger partial charge in [0.15, 0.2) is 0 Å². The smallest absolute Gasteiger partial charge is 0.417 e. The number of likely N-dealkylation sites (tertiary alicyclic amines) is 1. The van der Waals surface area contributed by atoms with Crippen molar-refractivity contribution < 1.29 is 67.5 Å². The zero-order valence-corrected chi connectivity index (χ0v) is 44.0. The summed E-state index contributed by atoms with van der Waals surface area (Å²) in [6.07, 6.45) is 17.5. The number of carboxylic acid groups (broad SMARTS) is 2. The molecule has 9 rings (SSSR count). The number of imide groups is 1. The molecule has 8 bridgehead atoms. The molecular weight excluding hydrogens is 933 g/mol. The van der Waals surface area contributed by atoms with E-state index in [9.17, 15) is 48.6 Å². The lowest BCUT2D eigenvalue weighted by Gasteiger charge is -2.46. The maximum absolute atomic E-state index is 12.0. The molecule has 1 heterocycles. The van der Waals surface area contributed by atoms with Crippen LogP contribution in [0, 0.1) is 71.0 Å². The Balaban J connectivity index is 0.000000177. The van der Waals surface area contributed by atoms with Crippen LogP contribution < -0.4 is 32.9 Å². The number of ether oxygens (including phenoxy) is 4. The molecule has 1 aliphatic heterocycles. The number of carbonyl (C=O) groups excluding carboxylic acids is 7. The maximum atomic E-state index is 12.0. The van der Waals surface area contributed by atoms with Gasteiger partial charge in [-0.2, -0.15) is 0 Å². The minimum atomic E-state index is -1.10. The first-order valence-corrected chi connectivity index (χ1v) is 24.7. The van der Waals surface area contributed by atoms with Gasteiger partial charge in [-0.3, -0.25) is 14.4 Å². The van der Waals surface area contributed by atoms with Gasteiger partial charge in [0.1, 0.15) is 22.4 Å². The van der Waals surface area contributed by atoms with Crippen LogP contribution in [0.25, 0.3) is 0 Å². The molecule has 0 aromatic heterocycles. The van der Waals surface area contributed by atoms with Crippen LogP contribution in [0.5, 0.6) is 0 Å². The third kappa shape index (κ3) is 13.4. The summed E-state index contributed by atoms with van der Waals surface area (Å²) in [4.78, 5) is 94.2. The summed E-state index contributed by atoms with van der Waals surface area (Å²) < 4.78 is 20.8. The Bertz CT molecular complexity index is 2050. The Kier molecular flexibility index (Phi) is 16.8. The first-order valence-electron chi connectivity index (χ1n) is 24.7. The van der Waals surface area contributed by atoms with Crippen LogP contribution in [0.4, 0.5) is 19.2 Å². The molecular formula is C52H78N6O14. The molecule has 1 unspecified atom stereocenters. The highest BCUT2D eigenvalue weighted by atomic mass is 16.6. The van der Waals surface area contributed by atoms with Crippen LogP contribution in [0.1, 0.15) is 109 Å². The van der Waals surface area contributed by atoms with Gasteiger partial charge in [-0.15, -0.1) is 0 Å². The van der Waals surface area contributed by atoms with Crippen molar-refractivity contribution in [2.45, 2.75) is 155 Å². The molecule has 20 heteroatoms. The summed E-state index contributed by atoms with van der Waals surface area (Å²) in [5, 5.41) is 28.5. The number of aliphatic carboxylic acids is 2. The molecule has 1 saturated heterocycles. The van der Waals surface area contributed by atoms with Gasteiger partial charge in [-0.1, -0.05) is 48.6 Å². The van der Waals surface area contributed by atoms with Crippen LogP contribution in [-0.4, -0.2) is 105 Å². The highest BCUT2D eigenvalue weighted by Crippen LogP contribution is 2.53. The SMILES string of the molecule is CC(C)(C)OC(=O)N1C(=O)[C@@H]2C1[C@H]1C=C[C@@H]2C1.CC(C)(C)OC(=O)N[C@@H]1[C@H](C(=O)O)[C@H]2C=C[C@@H]1C2.CC(C)(C)OC(=O)N[C@@H]1[C@H](C(=O)[O-])[C@H]2C=C[C@@H]1C2.CC(C)(C)OC(=O)N[C@H]1[C@@H](C(N)=O)[C@@H]2C=C[C@H]1C2.[NH4+]. The number of carbonyl (C=O) groups is 8. The molecule has 400 valence electrons. The van der Waals surface area contributed by atoms with Gasteiger partial charge < -0.3 is 61.8 Å². The highest BCUT2D eigenvalue weighted by Gasteiger charge is 2.63. The van der Waals surface area contributed by atoms with Crippen molar-refractivity contribution in [1.29, 1.82) is 0 Å². The number of fused-ring (bicyclic) bond motifs is 11. The van der Waals surface area contributed by atoms with E-state index >= 15 is 0 Å². The third-order valence-electron chi connectivity index (χ3n) is 14.1. The standard InChI is InChI=1S/C13H20N2O3.2C13H19NO4.C13H17NO3.H3N/c1-13(2,3)18-12(17)15-10-8-5-4-7(6-8)9(10)11(14)16;2*1-13(2,3)18-12(17)14-10-8-5-4-7(6-8)9(10)11(15)16;1-13(2,3)17-12(16)14-10-8-5-4-7(6-8)9(10)11(14)15;/h4-5,7-10H,6H2,1-3H3,(H2,14,16)(H,15,17);2*4-5,7-10H,6H2,1-3H3,(H,14,17)(H,15,16);4-5,7-10H,6H2,1-3H3;1H3/t3*7-,8+,9+,10-;7-,8+,9+,10?;/m1001./s1. The van der Waals surface area contributed by atoms with E-state index in [2.05, 4.69) is 28.1 Å². The second kappa shape index (κ2) is 21.3. The molecule has 4 saturated carbocycles. The van der Waals surface area contributed by atoms with Crippen molar-refractivity contribution in [3.05, 3.63) is 48.6 Å². The fraction of sp³-hybridized carbons (Fsp3) is 0.692. The molecule has 9 aliphatic rings. The average Bonchev–Trinajstić information content (AvgIpc) is 4.06. The number of nitrogens with two attached hydrogens (primary N) is 1. The Morgan fingerprint density at radius 1 is 0.528 bits per heavy atom. The Morgan fingerprint density at radius 2 is 0.847 bits per heavy atom. The lowest BCUT2D eigenvalue weighted by Crippen LogP contribution is -2.65. The number of alkyl carbamates (subject to hydrolysis) is 3. The predicted molar refractivity (Wildman–Crippen MR) is 261 cm³/mol. The minimum Gasteiger partial charge on any atom is -0.550 e. The molecule has 16 atom stereocenters. The molecule has 8 aliphatic carbocycles. The molecule has 5 fully saturated rings. The Morgan fingerprint density at radius 3 is 1.22 bits per heavy atom. The largest absolute Gasteiger partial charge is 0.550 e. The number of β-lactam (4-membered cyclic amide) rings is 1. The van der Waals surface area contributed by atoms with E-state index in [-0.39, 0.29) is 83.4 Å². The minimum absolute atomic E-state index is 0. The van der Waals surface area contributed by atoms with E-state index in [1.54, 1.807) is 62.3 Å². The van der Waals surface area contributed by atoms with E-state index in [4.69, 9.17) is 24.7 Å². The van der Waals surface area contributed by atoms with Gasteiger partial charge in [0.25, 0.3) is 0 Å². The second-order valence-electron chi connectivity index (χ2n) is 24.2. The van der Waals surface area contributed by atoms with E-state index < -0.39 is 76.6 Å². The summed E-state index contributed by atoms with van der Waals surface area (Å²) in [6, 6.07) is -0.938. The first-order chi connectivity index (χ1) is 32.7. The van der Waals surface area contributed by atoms with Crippen LogP contribution in [0.15, 0.2) is 48.6 Å². The molecule has 0 spiro atoms. The van der Waals surface area contributed by atoms with Crippen LogP contribution in [-0.2, 0) is 38.1 Å². The molecule has 0 radical (unpaired) electrons. The fourth-order valence-corrected chi connectivity index (χ4v) is 11.7. The van der Waals surface area contributed by atoms with E-state index in [0.29, 0.717) is 11.8 Å². The summed E-state index contributed by atoms with van der Waals surface area (Å²) in [7, 11) is 0. The van der Waals surface area contributed by atoms with Gasteiger partial charge in [-0.25, -0.2) is 24.1 Å². The summed E-state index contributed by atoms with van der Waals surface area (Å²) in [5.74, 6) is -2.56. The van der Waals surface area contributed by atoms with Gasteiger partial charge in [0.2, 0.25) is 11.8 Å². The number of primary amides is 1. The van der Waals surface area contributed by atoms with E-state index in [1.165, 1.54) is 4.90 Å². The van der Waals surface area contributed by atoms with Crippen molar-refractivity contribution in [2.24, 2.45) is 76.7 Å². The Labute approximate surface area is 422 Å². The van der Waals surface area contributed by atoms with Crippen molar-refractivity contribution in [2.75, 3.05) is 0 Å². The lowest BCUT2D eigenvalue weighted by atomic mass is 9.80. The van der Waals surface area contributed by atoms with Gasteiger partial charge in [0, 0.05) is 17.9 Å². The van der Waals surface area contributed by atoms with Crippen molar-refractivity contribution in [3.63, 3.8) is 0 Å². The van der Waals surface area contributed by atoms with Gasteiger partial charge in [-0.05, 0) is 156 Å². The lowest BCUT2D eigenvalue weighted by molar-refractivity contribution is -0.313. The van der Waals surface area contributed by atoms with Crippen molar-refractivity contribution >= 4 is 48.1 Å². The number of hydrogen-bond donors (Lipinski definition) is 6. The molecule has 6 amide bonds. The number of quaternary nitrogens is 1. The van der Waals surface area contributed by atoms with E-state index in [0.717, 1.165) is 25.7 Å². The predicted octanol–water partition coefficient (Wildman–Crippen LogP) is 5.76. The molecule has 10 N–H and O–H groups in total. The molecule has 0 aromatic carbocycles. The maximum Gasteiger partial charge on any atom is 0.417 e. The summed E-state index contributed by atoms with van der Waals surface area (Å²) in [5.41, 5.74) is 3.16. The quantitative estimate of drug-likeness (QED) is 0.105. The second-order valence-corrected chi connectivity index (χ2v) is 24.2. The number of amides is 6. The summed E-state index contributed by atoms with van der Waals surface area (Å²) in [6.45, 7) is 21.5. The Hall–Kier alpha value is -5.92. The fourth-order valence-electron chi connectivity index (χ4n) is 11.7. The van der Waals surface area contributed by atoms with Crippen LogP contribution in [0.3, 0.4) is 0 Å². The first kappa shape index (κ1) is 57.0. The van der Waals surface area contributed by atoms with Crippen molar-refractivity contribution in [1.82, 2.24) is 27.0 Å². The zero-order chi connectivity index (χ0) is 52.9. The van der Waals surface area contributed by atoms with Crippen LogP contribution >= 0.6 is 0 Å². The monoisotopic (exact) mass is 1010 g/mol. The van der Waals surface area contributed by atoms with Gasteiger partial charge >= 0.3 is 30.3 Å². The summed E-state index contributed by atoms with van der Waals surface area (Å²) >= 11 is 0. The number of allylic oxidation sites excluding steroid dienone is 4. The molecule has 72 heavy (non-hydrogen) atoms. The van der Waals surface area contributed by atoms with Gasteiger partial charge in [0.05, 0.1) is 35.9 Å². The number of carboxylic acids is 2. The van der Waals surface area contributed by atoms with Crippen molar-refractivity contribution in [3.8, 4) is 0 Å². The third-order valence-corrected chi connectivity index (χ3v) is 14.1. The number of nitrogens with zero attached hydrogens (tertiary/aromatic N) is 1. The normalized spacial score (nSPS) is 34.1.